The van der Waals surface area contributed by atoms with Crippen molar-refractivity contribution in [2.45, 2.75) is 65.0 Å². The van der Waals surface area contributed by atoms with Crippen LogP contribution in [0.15, 0.2) is 28.7 Å². The largest absolute Gasteiger partial charge is 0.500 e. The summed E-state index contributed by atoms with van der Waals surface area (Å²) >= 11 is 3.15. The minimum atomic E-state index is -1.88. The Morgan fingerprint density at radius 1 is 1.06 bits per heavy atom. The van der Waals surface area contributed by atoms with Crippen LogP contribution in [0.2, 0.25) is 18.1 Å². The highest BCUT2D eigenvalue weighted by Gasteiger charge is 2.39. The Balaban J connectivity index is 2.13. The van der Waals surface area contributed by atoms with Gasteiger partial charge in [-0.05, 0) is 31.1 Å². The molecule has 2 rings (SSSR count). The molecule has 0 spiro atoms. The maximum absolute atomic E-state index is 11.6. The van der Waals surface area contributed by atoms with Crippen LogP contribution in [0.4, 0.5) is 0 Å². The van der Waals surface area contributed by atoms with Gasteiger partial charge in [-0.2, -0.15) is 0 Å². The quantitative estimate of drug-likeness (QED) is 0.136. The first-order valence-electron chi connectivity index (χ1n) is 11.5. The van der Waals surface area contributed by atoms with Crippen molar-refractivity contribution in [2.24, 2.45) is 5.92 Å². The number of rotatable bonds is 11. The number of esters is 1. The first kappa shape index (κ1) is 29.4. The second-order valence-corrected chi connectivity index (χ2v) is 16.3. The van der Waals surface area contributed by atoms with Crippen molar-refractivity contribution in [3.8, 4) is 10.7 Å². The molecule has 0 saturated carbocycles. The number of hydrogen-bond donors (Lipinski definition) is 0. The van der Waals surface area contributed by atoms with E-state index in [0.29, 0.717) is 5.76 Å². The van der Waals surface area contributed by atoms with E-state index in [1.165, 1.54) is 20.3 Å². The molecule has 194 valence electrons. The van der Waals surface area contributed by atoms with E-state index in [0.717, 1.165) is 21.4 Å². The first-order chi connectivity index (χ1) is 16.3. The predicted molar refractivity (Wildman–Crippen MR) is 146 cm³/mol. The summed E-state index contributed by atoms with van der Waals surface area (Å²) in [7, 11) is 2.59. The lowest BCUT2D eigenvalue weighted by molar-refractivity contribution is -0.135. The van der Waals surface area contributed by atoms with Crippen LogP contribution in [0, 0.1) is 5.92 Å². The number of thiazole rings is 2. The summed E-state index contributed by atoms with van der Waals surface area (Å²) in [6, 6.07) is 0. The minimum absolute atomic E-state index is 0.0501. The second kappa shape index (κ2) is 12.4. The number of carbonyl (C=O) groups excluding carboxylic acids is 1. The molecule has 0 N–H and O–H groups in total. The number of carbonyl (C=O) groups is 1. The molecule has 0 aromatic carbocycles. The highest BCUT2D eigenvalue weighted by Crippen LogP contribution is 2.40. The van der Waals surface area contributed by atoms with Gasteiger partial charge in [0.1, 0.15) is 21.5 Å². The van der Waals surface area contributed by atoms with Gasteiger partial charge < -0.3 is 18.6 Å². The molecule has 1 unspecified atom stereocenters. The zero-order chi connectivity index (χ0) is 26.4. The maximum Gasteiger partial charge on any atom is 0.333 e. The summed E-state index contributed by atoms with van der Waals surface area (Å²) in [6.07, 6.45) is 4.80. The molecule has 7 nitrogen and oxygen atoms in total. The molecule has 2 aromatic rings. The van der Waals surface area contributed by atoms with E-state index in [1.54, 1.807) is 29.8 Å². The normalized spacial score (nSPS) is 15.8. The monoisotopic (exact) mass is 538 g/mol. The standard InChI is InChI=1S/C25H38N2O5S2Si/c1-16(21(30-7)13-22(28)31-8)20(29-6)12-11-18-14-33-24(26-18)19-15-34-23(27-19)17(2)32-35(9,10)25(3,4)5/h11-17,20H,1-10H3/b12-11+,21-13+/t16-,17?,20+/m1/s1. The zero-order valence-electron chi connectivity index (χ0n) is 22.4. The molecule has 35 heavy (non-hydrogen) atoms. The molecule has 0 saturated heterocycles. The lowest BCUT2D eigenvalue weighted by atomic mass is 10.0. The highest BCUT2D eigenvalue weighted by atomic mass is 32.1. The number of aromatic nitrogens is 2. The topological polar surface area (TPSA) is 79.8 Å². The van der Waals surface area contributed by atoms with E-state index in [4.69, 9.17) is 28.6 Å². The third kappa shape index (κ3) is 7.81. The number of methoxy groups -OCH3 is 3. The van der Waals surface area contributed by atoms with Crippen LogP contribution in [0.5, 0.6) is 0 Å². The van der Waals surface area contributed by atoms with Gasteiger partial charge in [0.05, 0.1) is 38.2 Å². The molecular formula is C25H38N2O5S2Si. The summed E-state index contributed by atoms with van der Waals surface area (Å²) in [5.41, 5.74) is 1.68. The van der Waals surface area contributed by atoms with Crippen LogP contribution in [-0.2, 0) is 23.4 Å². The molecule has 3 atom stereocenters. The summed E-state index contributed by atoms with van der Waals surface area (Å²) in [6.45, 7) is 15.2. The first-order valence-corrected chi connectivity index (χ1v) is 16.1. The van der Waals surface area contributed by atoms with Gasteiger partial charge in [-0.3, -0.25) is 0 Å². The lowest BCUT2D eigenvalue weighted by Gasteiger charge is -2.38. The molecule has 0 radical (unpaired) electrons. The average molecular weight is 539 g/mol. The van der Waals surface area contributed by atoms with Gasteiger partial charge >= 0.3 is 5.97 Å². The van der Waals surface area contributed by atoms with Gasteiger partial charge in [0, 0.05) is 23.8 Å². The van der Waals surface area contributed by atoms with Gasteiger partial charge in [0.25, 0.3) is 0 Å². The van der Waals surface area contributed by atoms with Crippen molar-refractivity contribution >= 4 is 43.0 Å². The molecule has 0 bridgehead atoms. The number of hydrogen-bond acceptors (Lipinski definition) is 9. The fourth-order valence-electron chi connectivity index (χ4n) is 3.08. The second-order valence-electron chi connectivity index (χ2n) is 9.79. The van der Waals surface area contributed by atoms with Crippen molar-refractivity contribution in [3.63, 3.8) is 0 Å². The summed E-state index contributed by atoms with van der Waals surface area (Å²) in [4.78, 5) is 21.2. The van der Waals surface area contributed by atoms with E-state index in [2.05, 4.69) is 40.8 Å². The molecule has 10 heteroatoms. The van der Waals surface area contributed by atoms with Gasteiger partial charge in [-0.25, -0.2) is 14.8 Å². The van der Waals surface area contributed by atoms with Crippen molar-refractivity contribution in [1.82, 2.24) is 9.97 Å². The Kier molecular flexibility index (Phi) is 10.4. The third-order valence-corrected chi connectivity index (χ3v) is 12.7. The smallest absolute Gasteiger partial charge is 0.333 e. The summed E-state index contributed by atoms with van der Waals surface area (Å²) < 4.78 is 22.2. The molecule has 0 amide bonds. The minimum Gasteiger partial charge on any atom is -0.500 e. The van der Waals surface area contributed by atoms with Crippen LogP contribution in [0.3, 0.4) is 0 Å². The summed E-state index contributed by atoms with van der Waals surface area (Å²) in [5, 5.41) is 6.00. The maximum atomic E-state index is 11.6. The third-order valence-electron chi connectivity index (χ3n) is 6.26. The molecule has 2 heterocycles. The Bertz CT molecular complexity index is 1040. The van der Waals surface area contributed by atoms with Crippen molar-refractivity contribution in [1.29, 1.82) is 0 Å². The lowest BCUT2D eigenvalue weighted by Crippen LogP contribution is -2.41. The van der Waals surface area contributed by atoms with Crippen molar-refractivity contribution in [2.75, 3.05) is 21.3 Å². The van der Waals surface area contributed by atoms with Gasteiger partial charge in [0.2, 0.25) is 0 Å². The van der Waals surface area contributed by atoms with Gasteiger partial charge in [-0.15, -0.1) is 22.7 Å². The van der Waals surface area contributed by atoms with Crippen molar-refractivity contribution in [3.05, 3.63) is 39.4 Å². The SMILES string of the molecule is COC(=O)/C=C(/OC)[C@H](C)[C@H](/C=C/c1csc(-c2csc(C(C)O[Si](C)(C)C(C)(C)C)n2)n1)OC. The highest BCUT2D eigenvalue weighted by molar-refractivity contribution is 7.14. The molecule has 0 aliphatic rings. The molecular weight excluding hydrogens is 501 g/mol. The van der Waals surface area contributed by atoms with E-state index >= 15 is 0 Å². The molecule has 0 aliphatic heterocycles. The average Bonchev–Trinajstić information content (AvgIpc) is 3.46. The Morgan fingerprint density at radius 3 is 2.31 bits per heavy atom. The molecule has 0 aliphatic carbocycles. The van der Waals surface area contributed by atoms with Crippen LogP contribution in [-0.4, -0.2) is 51.7 Å². The van der Waals surface area contributed by atoms with E-state index in [9.17, 15) is 4.79 Å². The van der Waals surface area contributed by atoms with E-state index in [-0.39, 0.29) is 23.2 Å². The van der Waals surface area contributed by atoms with E-state index < -0.39 is 14.3 Å². The number of ether oxygens (including phenoxy) is 3. The van der Waals surface area contributed by atoms with Gasteiger partial charge in [-0.1, -0.05) is 33.8 Å². The van der Waals surface area contributed by atoms with Crippen LogP contribution >= 0.6 is 22.7 Å². The van der Waals surface area contributed by atoms with Crippen molar-refractivity contribution < 1.29 is 23.4 Å². The number of nitrogens with zero attached hydrogens (tertiary/aromatic N) is 2. The fourth-order valence-corrected chi connectivity index (χ4v) is 6.12. The van der Waals surface area contributed by atoms with Crippen LogP contribution in [0.1, 0.15) is 51.4 Å². The zero-order valence-corrected chi connectivity index (χ0v) is 25.0. The molecule has 0 fully saturated rings. The fraction of sp³-hybridized carbons (Fsp3) is 0.560. The van der Waals surface area contributed by atoms with E-state index in [1.807, 2.05) is 29.8 Å². The van der Waals surface area contributed by atoms with Gasteiger partial charge in [0.15, 0.2) is 8.32 Å². The van der Waals surface area contributed by atoms with Crippen LogP contribution in [0.25, 0.3) is 16.8 Å². The predicted octanol–water partition coefficient (Wildman–Crippen LogP) is 6.72. The summed E-state index contributed by atoms with van der Waals surface area (Å²) in [5.74, 6) is -0.179. The molecule has 2 aromatic heterocycles. The van der Waals surface area contributed by atoms with Crippen LogP contribution < -0.4 is 0 Å². The Hall–Kier alpha value is -1.85. The Labute approximate surface area is 218 Å². The Morgan fingerprint density at radius 2 is 1.74 bits per heavy atom.